The Bertz CT molecular complexity index is 2770. The Morgan fingerprint density at radius 1 is 0.843 bits per heavy atom. The molecule has 1 amide bonds. The molecule has 1 aliphatic carbocycles. The summed E-state index contributed by atoms with van der Waals surface area (Å²) in [5.74, 6) is -0.970. The quantitative estimate of drug-likeness (QED) is 0.0824. The van der Waals surface area contributed by atoms with Gasteiger partial charge < -0.3 is 10.2 Å². The minimum atomic E-state index is -6.08. The van der Waals surface area contributed by atoms with Crippen molar-refractivity contribution >= 4 is 66.1 Å². The number of benzene rings is 4. The van der Waals surface area contributed by atoms with Crippen LogP contribution in [0.15, 0.2) is 111 Å². The van der Waals surface area contributed by atoms with E-state index >= 15 is 4.39 Å². The molecule has 2 bridgehead atoms. The molecule has 4 aromatic rings. The number of sulfone groups is 1. The fraction of sp³-hybridized carbons (Fsp3) is 0.471. The molecule has 4 aliphatic rings. The zero-order valence-corrected chi connectivity index (χ0v) is 42.9. The van der Waals surface area contributed by atoms with Crippen LogP contribution in [0.5, 0.6) is 0 Å². The highest BCUT2D eigenvalue weighted by atomic mass is 35.5. The van der Waals surface area contributed by atoms with Crippen LogP contribution in [0.2, 0.25) is 5.02 Å². The van der Waals surface area contributed by atoms with Crippen LogP contribution in [0, 0.1) is 5.82 Å². The van der Waals surface area contributed by atoms with Gasteiger partial charge in [-0.3, -0.25) is 19.5 Å². The molecule has 0 spiro atoms. The highest BCUT2D eigenvalue weighted by molar-refractivity contribution is 7.99. The van der Waals surface area contributed by atoms with Gasteiger partial charge in [0.05, 0.1) is 10.6 Å². The number of fused-ring (bicyclic) bond motifs is 2. The van der Waals surface area contributed by atoms with Gasteiger partial charge in [0.2, 0.25) is 0 Å². The topological polar surface area (TPSA) is 122 Å². The summed E-state index contributed by atoms with van der Waals surface area (Å²) < 4.78 is 114. The third-order valence-electron chi connectivity index (χ3n) is 14.0. The number of carbonyl (C=O) groups excluding carboxylic acids is 1. The largest absolute Gasteiger partial charge is 0.501 e. The maximum Gasteiger partial charge on any atom is 0.501 e. The number of piperazine rings is 2. The van der Waals surface area contributed by atoms with Crippen molar-refractivity contribution in [1.82, 2.24) is 19.4 Å². The van der Waals surface area contributed by atoms with E-state index in [4.69, 9.17) is 11.6 Å². The average Bonchev–Trinajstić information content (AvgIpc) is 3.85. The second-order valence-corrected chi connectivity index (χ2v) is 24.9. The van der Waals surface area contributed by atoms with E-state index in [1.165, 1.54) is 35.5 Å². The Kier molecular flexibility index (Phi) is 16.0. The molecule has 4 aromatic carbocycles. The number of allylic oxidation sites excluding steroid dienone is 1. The highest BCUT2D eigenvalue weighted by Gasteiger charge is 2.49. The third kappa shape index (κ3) is 12.2. The number of hydrogen-bond acceptors (Lipinski definition) is 11. The van der Waals surface area contributed by atoms with E-state index in [0.717, 1.165) is 99.5 Å². The van der Waals surface area contributed by atoms with E-state index in [1.54, 1.807) is 24.3 Å². The predicted octanol–water partition coefficient (Wildman–Crippen LogP) is 9.95. The summed E-state index contributed by atoms with van der Waals surface area (Å²) >= 11 is 7.53. The average molecular weight is 1050 g/mol. The Balaban J connectivity index is 0.933. The van der Waals surface area contributed by atoms with Crippen LogP contribution in [0.1, 0.15) is 81.6 Å². The number of hydrogen-bond donors (Lipinski definition) is 2. The molecule has 0 unspecified atom stereocenters. The lowest BCUT2D eigenvalue weighted by atomic mass is 9.95. The molecule has 19 heteroatoms. The molecule has 3 aliphatic heterocycles. The maximum absolute atomic E-state index is 15.0. The van der Waals surface area contributed by atoms with Crippen molar-refractivity contribution in [3.8, 4) is 0 Å². The van der Waals surface area contributed by atoms with Gasteiger partial charge in [-0.1, -0.05) is 47.9 Å². The monoisotopic (exact) mass is 1040 g/mol. The van der Waals surface area contributed by atoms with Gasteiger partial charge in [-0.05, 0) is 132 Å². The fourth-order valence-corrected chi connectivity index (χ4v) is 13.5. The first-order chi connectivity index (χ1) is 33.2. The van der Waals surface area contributed by atoms with E-state index in [-0.39, 0.29) is 22.6 Å². The van der Waals surface area contributed by atoms with Crippen molar-refractivity contribution in [3.63, 3.8) is 0 Å². The van der Waals surface area contributed by atoms with Crippen LogP contribution >= 0.6 is 23.4 Å². The van der Waals surface area contributed by atoms with Crippen molar-refractivity contribution in [2.75, 3.05) is 68.3 Å². The summed E-state index contributed by atoms with van der Waals surface area (Å²) in [5, 5.41) is 3.43. The first-order valence-corrected chi connectivity index (χ1v) is 28.2. The number of sulfonamides is 1. The predicted molar refractivity (Wildman–Crippen MR) is 270 cm³/mol. The van der Waals surface area contributed by atoms with Crippen LogP contribution in [0.3, 0.4) is 0 Å². The van der Waals surface area contributed by atoms with Crippen LogP contribution in [0.4, 0.5) is 28.9 Å². The first kappa shape index (κ1) is 52.2. The lowest BCUT2D eigenvalue weighted by Crippen LogP contribution is -2.53. The van der Waals surface area contributed by atoms with Gasteiger partial charge in [0, 0.05) is 109 Å². The maximum atomic E-state index is 15.0. The van der Waals surface area contributed by atoms with Crippen LogP contribution in [0.25, 0.3) is 5.57 Å². The van der Waals surface area contributed by atoms with Gasteiger partial charge in [0.25, 0.3) is 25.8 Å². The fourth-order valence-electron chi connectivity index (χ4n) is 10.3. The molecule has 11 nitrogen and oxygen atoms in total. The molecule has 0 radical (unpaired) electrons. The molecule has 2 N–H and O–H groups in total. The number of amides is 1. The minimum Gasteiger partial charge on any atom is -0.380 e. The number of thioether (sulfide) groups is 1. The van der Waals surface area contributed by atoms with E-state index in [1.807, 2.05) is 35.1 Å². The lowest BCUT2D eigenvalue weighted by Gasteiger charge is -2.42. The van der Waals surface area contributed by atoms with Crippen LogP contribution < -0.4 is 14.9 Å². The minimum absolute atomic E-state index is 0.0225. The summed E-state index contributed by atoms with van der Waals surface area (Å²) in [6.45, 7) is 12.5. The second-order valence-electron chi connectivity index (χ2n) is 19.7. The summed E-state index contributed by atoms with van der Waals surface area (Å²) in [6, 6.07) is 23.3. The van der Waals surface area contributed by atoms with Crippen LogP contribution in [-0.2, 0) is 19.9 Å². The van der Waals surface area contributed by atoms with Gasteiger partial charge in [0.1, 0.15) is 10.7 Å². The lowest BCUT2D eigenvalue weighted by molar-refractivity contribution is -0.0435. The molecule has 3 saturated heterocycles. The van der Waals surface area contributed by atoms with Crippen molar-refractivity contribution < 1.29 is 39.2 Å². The molecular weight excluding hydrogens is 984 g/mol. The smallest absolute Gasteiger partial charge is 0.380 e. The van der Waals surface area contributed by atoms with E-state index in [0.29, 0.717) is 60.5 Å². The molecular formula is C51H61ClF4N6O5S3. The van der Waals surface area contributed by atoms with Crippen molar-refractivity contribution in [3.05, 3.63) is 119 Å². The number of halogens is 5. The van der Waals surface area contributed by atoms with Crippen LogP contribution in [-0.4, -0.2) is 125 Å². The standard InChI is InChI=1S/C51H61ClF4N6O5S3/c1-50(2,3)62-33-40-29-41(62)32-61(40)23-22-38(34-68-42-11-7-5-8-12-42)57-47-21-19-43(30-48(47)69(64,65)51(54,55)56)70(66,67)58-49(63)35-14-17-39(18-15-35)60-26-24-59(25-27-60)31-36-10-6-4-9-13-44(36)45-20-16-37(52)28-46(45)53/h5,7-8,11-12,14-21,28,30,38,40-41,57H,4,6,9-10,13,22-27,29,31-34H2,1-3H3,(H,58,63)/t38-,40+,41+/m1/s1. The van der Waals surface area contributed by atoms with Crippen molar-refractivity contribution in [1.29, 1.82) is 0 Å². The number of alkyl halides is 3. The van der Waals surface area contributed by atoms with Gasteiger partial charge in [0.15, 0.2) is 0 Å². The summed E-state index contributed by atoms with van der Waals surface area (Å²) in [4.78, 5) is 21.7. The number of carbonyl (C=O) groups is 1. The van der Waals surface area contributed by atoms with Gasteiger partial charge in [-0.2, -0.15) is 13.2 Å². The zero-order chi connectivity index (χ0) is 50.0. The summed E-state index contributed by atoms with van der Waals surface area (Å²) in [7, 11) is -10.9. The second kappa shape index (κ2) is 21.5. The summed E-state index contributed by atoms with van der Waals surface area (Å²) in [5.41, 5.74) is -2.41. The third-order valence-corrected chi connectivity index (χ3v) is 18.3. The number of rotatable bonds is 16. The van der Waals surface area contributed by atoms with Gasteiger partial charge in [-0.25, -0.2) is 25.9 Å². The molecule has 70 heavy (non-hydrogen) atoms. The molecule has 3 atom stereocenters. The van der Waals surface area contributed by atoms with Gasteiger partial charge >= 0.3 is 5.51 Å². The molecule has 378 valence electrons. The Morgan fingerprint density at radius 3 is 2.21 bits per heavy atom. The Morgan fingerprint density at radius 2 is 1.56 bits per heavy atom. The molecule has 0 aromatic heterocycles. The number of nitrogens with one attached hydrogen (secondary N) is 2. The molecule has 3 fully saturated rings. The van der Waals surface area contributed by atoms with E-state index in [2.05, 4.69) is 45.7 Å². The first-order valence-electron chi connectivity index (χ1n) is 23.9. The number of likely N-dealkylation sites (tertiary alicyclic amines) is 2. The van der Waals surface area contributed by atoms with Crippen molar-refractivity contribution in [2.24, 2.45) is 0 Å². The summed E-state index contributed by atoms with van der Waals surface area (Å²) in [6.07, 6.45) is 6.35. The Labute approximate surface area is 419 Å². The molecule has 0 saturated carbocycles. The van der Waals surface area contributed by atoms with E-state index < -0.39 is 47.1 Å². The van der Waals surface area contributed by atoms with E-state index in [9.17, 15) is 34.8 Å². The zero-order valence-electron chi connectivity index (χ0n) is 39.7. The number of anilines is 2. The normalized spacial score (nSPS) is 20.4. The number of nitrogens with zero attached hydrogens (tertiary/aromatic N) is 4. The van der Waals surface area contributed by atoms with Crippen molar-refractivity contribution in [2.45, 2.75) is 110 Å². The highest BCUT2D eigenvalue weighted by Crippen LogP contribution is 2.39. The Hall–Kier alpha value is -4.17. The SMILES string of the molecule is CC(C)(C)N1C[C@@H]2C[C@H]1CN2CC[C@H](CSc1ccccc1)Nc1ccc(S(=O)(=O)NC(=O)c2ccc(N3CCN(CC4=C(c5ccc(Cl)cc5F)CCCCC4)CC3)cc2)cc1S(=O)(=O)C(F)(F)F. The van der Waals surface area contributed by atoms with Gasteiger partial charge in [-0.15, -0.1) is 11.8 Å². The molecule has 3 heterocycles. The molecule has 8 rings (SSSR count).